The van der Waals surface area contributed by atoms with Gasteiger partial charge in [-0.05, 0) is 36.6 Å². The second-order valence-electron chi connectivity index (χ2n) is 4.73. The number of carboxylic acid groups (broad SMARTS) is 1. The van der Waals surface area contributed by atoms with Gasteiger partial charge in [0.2, 0.25) is 10.0 Å². The number of hydrogen-bond acceptors (Lipinski definition) is 3. The van der Waals surface area contributed by atoms with E-state index in [9.17, 15) is 17.6 Å². The number of benzene rings is 1. The predicted octanol–water partition coefficient (Wildman–Crippen LogP) is 1.91. The van der Waals surface area contributed by atoms with Gasteiger partial charge in [-0.2, -0.15) is 4.72 Å². The Balaban J connectivity index is 3.09. The fourth-order valence-corrected chi connectivity index (χ4v) is 3.05. The van der Waals surface area contributed by atoms with Crippen LogP contribution in [0.1, 0.15) is 25.8 Å². The summed E-state index contributed by atoms with van der Waals surface area (Å²) in [7, 11) is -4.00. The predicted molar refractivity (Wildman–Crippen MR) is 72.3 cm³/mol. The van der Waals surface area contributed by atoms with Gasteiger partial charge in [0, 0.05) is 0 Å². The fraction of sp³-hybridized carbons (Fsp3) is 0.462. The van der Waals surface area contributed by atoms with Crippen molar-refractivity contribution in [2.75, 3.05) is 0 Å². The minimum atomic E-state index is -4.00. The van der Waals surface area contributed by atoms with Crippen LogP contribution in [0.15, 0.2) is 23.1 Å². The lowest BCUT2D eigenvalue weighted by Crippen LogP contribution is -2.44. The molecule has 0 bridgehead atoms. The molecular weight excluding hydrogens is 285 g/mol. The van der Waals surface area contributed by atoms with E-state index in [1.165, 1.54) is 13.0 Å². The van der Waals surface area contributed by atoms with Crippen LogP contribution >= 0.6 is 0 Å². The molecule has 0 spiro atoms. The van der Waals surface area contributed by atoms with E-state index in [0.717, 1.165) is 12.1 Å². The zero-order valence-electron chi connectivity index (χ0n) is 11.6. The first-order chi connectivity index (χ1) is 9.19. The Morgan fingerprint density at radius 1 is 1.45 bits per heavy atom. The molecule has 0 amide bonds. The summed E-state index contributed by atoms with van der Waals surface area (Å²) in [5.74, 6) is -2.11. The zero-order chi connectivity index (χ0) is 15.5. The molecule has 0 aliphatic carbocycles. The first-order valence-electron chi connectivity index (χ1n) is 6.20. The molecule has 1 rings (SSSR count). The highest BCUT2D eigenvalue weighted by Crippen LogP contribution is 2.17. The smallest absolute Gasteiger partial charge is 0.322 e. The lowest BCUT2D eigenvalue weighted by Gasteiger charge is -2.20. The third-order valence-electron chi connectivity index (χ3n) is 3.20. The van der Waals surface area contributed by atoms with Crippen molar-refractivity contribution in [2.45, 2.75) is 38.1 Å². The van der Waals surface area contributed by atoms with Crippen LogP contribution in [0.4, 0.5) is 4.39 Å². The van der Waals surface area contributed by atoms with Gasteiger partial charge in [0.1, 0.15) is 11.9 Å². The van der Waals surface area contributed by atoms with E-state index in [4.69, 9.17) is 5.11 Å². The van der Waals surface area contributed by atoms with Crippen molar-refractivity contribution in [3.63, 3.8) is 0 Å². The van der Waals surface area contributed by atoms with Crippen molar-refractivity contribution in [2.24, 2.45) is 5.92 Å². The normalized spacial score (nSPS) is 14.8. The van der Waals surface area contributed by atoms with E-state index >= 15 is 0 Å². The summed E-state index contributed by atoms with van der Waals surface area (Å²) in [4.78, 5) is 11.0. The van der Waals surface area contributed by atoms with Crippen molar-refractivity contribution < 1.29 is 22.7 Å². The molecule has 0 saturated carbocycles. The van der Waals surface area contributed by atoms with Gasteiger partial charge in [-0.3, -0.25) is 4.79 Å². The largest absolute Gasteiger partial charge is 0.480 e. The third-order valence-corrected chi connectivity index (χ3v) is 4.64. The van der Waals surface area contributed by atoms with Crippen LogP contribution in [-0.4, -0.2) is 25.5 Å². The molecule has 0 aromatic heterocycles. The van der Waals surface area contributed by atoms with Gasteiger partial charge < -0.3 is 5.11 Å². The van der Waals surface area contributed by atoms with Crippen LogP contribution in [0.3, 0.4) is 0 Å². The number of carboxylic acids is 1. The average molecular weight is 303 g/mol. The van der Waals surface area contributed by atoms with Crippen LogP contribution in [0.25, 0.3) is 0 Å². The minimum Gasteiger partial charge on any atom is -0.480 e. The highest BCUT2D eigenvalue weighted by molar-refractivity contribution is 7.89. The molecule has 0 radical (unpaired) electrons. The summed E-state index contributed by atoms with van der Waals surface area (Å²) < 4.78 is 39.6. The number of carbonyl (C=O) groups is 1. The zero-order valence-corrected chi connectivity index (χ0v) is 12.4. The Morgan fingerprint density at radius 2 is 2.05 bits per heavy atom. The van der Waals surface area contributed by atoms with Gasteiger partial charge >= 0.3 is 5.97 Å². The van der Waals surface area contributed by atoms with Crippen LogP contribution < -0.4 is 4.72 Å². The van der Waals surface area contributed by atoms with Gasteiger partial charge in [-0.1, -0.05) is 20.3 Å². The first-order valence-corrected chi connectivity index (χ1v) is 7.68. The highest BCUT2D eigenvalue weighted by Gasteiger charge is 2.29. The second-order valence-corrected chi connectivity index (χ2v) is 6.45. The number of halogens is 1. The molecule has 112 valence electrons. The topological polar surface area (TPSA) is 83.5 Å². The molecule has 1 aromatic carbocycles. The molecule has 0 aliphatic rings. The number of rotatable bonds is 6. The summed E-state index contributed by atoms with van der Waals surface area (Å²) in [5, 5.41) is 9.10. The molecule has 1 aromatic rings. The van der Waals surface area contributed by atoms with Crippen molar-refractivity contribution >= 4 is 16.0 Å². The highest BCUT2D eigenvalue weighted by atomic mass is 32.2. The third kappa shape index (κ3) is 3.77. The summed E-state index contributed by atoms with van der Waals surface area (Å²) in [6, 6.07) is 2.12. The van der Waals surface area contributed by atoms with Gasteiger partial charge in [-0.15, -0.1) is 0 Å². The molecule has 2 N–H and O–H groups in total. The van der Waals surface area contributed by atoms with Crippen LogP contribution in [0.2, 0.25) is 0 Å². The number of aliphatic carboxylic acids is 1. The maximum atomic E-state index is 13.2. The van der Waals surface area contributed by atoms with Crippen molar-refractivity contribution in [3.8, 4) is 0 Å². The maximum Gasteiger partial charge on any atom is 0.322 e. The summed E-state index contributed by atoms with van der Waals surface area (Å²) in [5.41, 5.74) is 0.184. The number of aryl methyl sites for hydroxylation is 1. The number of sulfonamides is 1. The SMILES string of the molecule is CC[C@H](C)[C@H](NS(=O)(=O)c1ccc(F)c(C)c1)C(=O)O. The van der Waals surface area contributed by atoms with E-state index in [2.05, 4.69) is 4.72 Å². The van der Waals surface area contributed by atoms with E-state index in [1.807, 2.05) is 0 Å². The molecule has 0 fully saturated rings. The lowest BCUT2D eigenvalue weighted by atomic mass is 10.0. The van der Waals surface area contributed by atoms with Gasteiger partial charge in [0.15, 0.2) is 0 Å². The summed E-state index contributed by atoms with van der Waals surface area (Å²) >= 11 is 0. The van der Waals surface area contributed by atoms with Gasteiger partial charge in [-0.25, -0.2) is 12.8 Å². The molecular formula is C13H18FNO4S. The van der Waals surface area contributed by atoms with Crippen LogP contribution in [0.5, 0.6) is 0 Å². The summed E-state index contributed by atoms with van der Waals surface area (Å²) in [6.07, 6.45) is 0.516. The molecule has 0 saturated heterocycles. The van der Waals surface area contributed by atoms with Gasteiger partial charge in [0.25, 0.3) is 0 Å². The van der Waals surface area contributed by atoms with Crippen molar-refractivity contribution in [3.05, 3.63) is 29.6 Å². The summed E-state index contributed by atoms with van der Waals surface area (Å²) in [6.45, 7) is 4.87. The second kappa shape index (κ2) is 6.32. The molecule has 0 unspecified atom stereocenters. The van der Waals surface area contributed by atoms with E-state index in [-0.39, 0.29) is 16.4 Å². The quantitative estimate of drug-likeness (QED) is 0.841. The molecule has 20 heavy (non-hydrogen) atoms. The first kappa shape index (κ1) is 16.6. The molecule has 2 atom stereocenters. The average Bonchev–Trinajstić information content (AvgIpc) is 2.38. The minimum absolute atomic E-state index is 0.147. The van der Waals surface area contributed by atoms with Crippen LogP contribution in [0, 0.1) is 18.7 Å². The number of nitrogens with one attached hydrogen (secondary N) is 1. The van der Waals surface area contributed by atoms with Crippen molar-refractivity contribution in [1.82, 2.24) is 4.72 Å². The Morgan fingerprint density at radius 3 is 2.50 bits per heavy atom. The Kier molecular flexibility index (Phi) is 5.24. The molecule has 0 aliphatic heterocycles. The van der Waals surface area contributed by atoms with Crippen LogP contribution in [-0.2, 0) is 14.8 Å². The monoisotopic (exact) mass is 303 g/mol. The van der Waals surface area contributed by atoms with Crippen molar-refractivity contribution in [1.29, 1.82) is 0 Å². The standard InChI is InChI=1S/C13H18FNO4S/c1-4-8(2)12(13(16)17)15-20(18,19)10-5-6-11(14)9(3)7-10/h5-8,12,15H,4H2,1-3H3,(H,16,17)/t8-,12-/m0/s1. The lowest BCUT2D eigenvalue weighted by molar-refractivity contribution is -0.140. The van der Waals surface area contributed by atoms with E-state index in [1.54, 1.807) is 13.8 Å². The van der Waals surface area contributed by atoms with Gasteiger partial charge in [0.05, 0.1) is 4.90 Å². The fourth-order valence-electron chi connectivity index (χ4n) is 1.67. The Bertz CT molecular complexity index is 600. The molecule has 5 nitrogen and oxygen atoms in total. The molecule has 0 heterocycles. The van der Waals surface area contributed by atoms with E-state index in [0.29, 0.717) is 6.42 Å². The van der Waals surface area contributed by atoms with E-state index < -0.39 is 27.9 Å². The number of hydrogen-bond donors (Lipinski definition) is 2. The Hall–Kier alpha value is -1.47. The molecule has 7 heteroatoms. The maximum absolute atomic E-state index is 13.2. The Labute approximate surface area is 117 Å².